The van der Waals surface area contributed by atoms with Gasteiger partial charge in [-0.05, 0) is 31.4 Å². The van der Waals surface area contributed by atoms with Gasteiger partial charge in [0, 0.05) is 17.8 Å². The van der Waals surface area contributed by atoms with Crippen LogP contribution in [0, 0.1) is 0 Å². The van der Waals surface area contributed by atoms with Crippen molar-refractivity contribution >= 4 is 17.8 Å². The van der Waals surface area contributed by atoms with Crippen molar-refractivity contribution in [2.75, 3.05) is 11.9 Å². The van der Waals surface area contributed by atoms with Gasteiger partial charge >= 0.3 is 6.03 Å². The SMILES string of the molecule is CC.CCNC(=O)Nc1cccc2c1C=CCC2. The minimum atomic E-state index is -0.144. The Labute approximate surface area is 109 Å². The fourth-order valence-corrected chi connectivity index (χ4v) is 1.90. The molecule has 2 N–H and O–H groups in total. The Morgan fingerprint density at radius 1 is 1.33 bits per heavy atom. The first-order valence-electron chi connectivity index (χ1n) is 6.64. The number of rotatable bonds is 2. The first-order valence-corrected chi connectivity index (χ1v) is 6.64. The maximum absolute atomic E-state index is 11.5. The summed E-state index contributed by atoms with van der Waals surface area (Å²) in [5.74, 6) is 0. The second-order valence-electron chi connectivity index (χ2n) is 3.80. The summed E-state index contributed by atoms with van der Waals surface area (Å²) in [6, 6.07) is 5.89. The summed E-state index contributed by atoms with van der Waals surface area (Å²) >= 11 is 0. The highest BCUT2D eigenvalue weighted by molar-refractivity contribution is 5.92. The van der Waals surface area contributed by atoms with Crippen molar-refractivity contribution in [3.05, 3.63) is 35.4 Å². The van der Waals surface area contributed by atoms with Gasteiger partial charge in [0.05, 0.1) is 0 Å². The van der Waals surface area contributed by atoms with Gasteiger partial charge in [-0.25, -0.2) is 4.79 Å². The number of aryl methyl sites for hydroxylation is 1. The molecule has 0 bridgehead atoms. The average Bonchev–Trinajstić information content (AvgIpc) is 2.42. The Hall–Kier alpha value is -1.77. The van der Waals surface area contributed by atoms with E-state index in [1.807, 2.05) is 32.9 Å². The largest absolute Gasteiger partial charge is 0.338 e. The van der Waals surface area contributed by atoms with Crippen LogP contribution in [0.1, 0.15) is 38.3 Å². The van der Waals surface area contributed by atoms with Crippen molar-refractivity contribution in [1.29, 1.82) is 0 Å². The second kappa shape index (κ2) is 7.54. The van der Waals surface area contributed by atoms with Crippen LogP contribution in [-0.2, 0) is 6.42 Å². The molecule has 0 atom stereocenters. The van der Waals surface area contributed by atoms with Crippen molar-refractivity contribution in [2.45, 2.75) is 33.6 Å². The van der Waals surface area contributed by atoms with Gasteiger partial charge in [0.2, 0.25) is 0 Å². The Balaban J connectivity index is 0.000000771. The molecule has 0 aromatic heterocycles. The van der Waals surface area contributed by atoms with E-state index in [0.717, 1.165) is 24.1 Å². The molecule has 2 rings (SSSR count). The molecule has 0 unspecified atom stereocenters. The zero-order valence-electron chi connectivity index (χ0n) is 11.4. The van der Waals surface area contributed by atoms with Gasteiger partial charge in [-0.2, -0.15) is 0 Å². The molecule has 2 amide bonds. The lowest BCUT2D eigenvalue weighted by Gasteiger charge is -2.15. The van der Waals surface area contributed by atoms with E-state index in [1.165, 1.54) is 5.56 Å². The van der Waals surface area contributed by atoms with E-state index in [4.69, 9.17) is 0 Å². The van der Waals surface area contributed by atoms with E-state index in [-0.39, 0.29) is 6.03 Å². The van der Waals surface area contributed by atoms with Crippen LogP contribution in [0.25, 0.3) is 6.08 Å². The van der Waals surface area contributed by atoms with Gasteiger partial charge in [-0.3, -0.25) is 0 Å². The Kier molecular flexibility index (Phi) is 5.98. The highest BCUT2D eigenvalue weighted by Gasteiger charge is 2.10. The summed E-state index contributed by atoms with van der Waals surface area (Å²) in [5, 5.41) is 5.60. The maximum Gasteiger partial charge on any atom is 0.319 e. The van der Waals surface area contributed by atoms with Gasteiger partial charge in [-0.15, -0.1) is 0 Å². The molecular formula is C15H22N2O. The molecule has 0 saturated carbocycles. The predicted molar refractivity (Wildman–Crippen MR) is 77.8 cm³/mol. The summed E-state index contributed by atoms with van der Waals surface area (Å²) in [5.41, 5.74) is 3.33. The van der Waals surface area contributed by atoms with Crippen molar-refractivity contribution < 1.29 is 4.79 Å². The molecule has 0 fully saturated rings. The molecule has 0 saturated heterocycles. The Morgan fingerprint density at radius 3 is 2.83 bits per heavy atom. The number of amides is 2. The van der Waals surface area contributed by atoms with Crippen LogP contribution < -0.4 is 10.6 Å². The quantitative estimate of drug-likeness (QED) is 0.818. The molecule has 3 heteroatoms. The zero-order chi connectivity index (χ0) is 13.4. The molecule has 3 nitrogen and oxygen atoms in total. The van der Waals surface area contributed by atoms with Gasteiger partial charge in [0.25, 0.3) is 0 Å². The number of fused-ring (bicyclic) bond motifs is 1. The molecule has 0 radical (unpaired) electrons. The van der Waals surface area contributed by atoms with Gasteiger partial charge in [-0.1, -0.05) is 38.1 Å². The first-order chi connectivity index (χ1) is 8.81. The van der Waals surface area contributed by atoms with E-state index < -0.39 is 0 Å². The lowest BCUT2D eigenvalue weighted by molar-refractivity contribution is 0.252. The van der Waals surface area contributed by atoms with Crippen LogP contribution in [0.3, 0.4) is 0 Å². The number of hydrogen-bond acceptors (Lipinski definition) is 1. The highest BCUT2D eigenvalue weighted by atomic mass is 16.2. The Bertz CT molecular complexity index is 425. The van der Waals surface area contributed by atoms with E-state index in [9.17, 15) is 4.79 Å². The monoisotopic (exact) mass is 246 g/mol. The first kappa shape index (κ1) is 14.3. The number of allylic oxidation sites excluding steroid dienone is 1. The summed E-state index contributed by atoms with van der Waals surface area (Å²) in [4.78, 5) is 11.5. The van der Waals surface area contributed by atoms with Crippen LogP contribution in [0.4, 0.5) is 10.5 Å². The fourth-order valence-electron chi connectivity index (χ4n) is 1.90. The molecule has 18 heavy (non-hydrogen) atoms. The summed E-state index contributed by atoms with van der Waals surface area (Å²) in [6.07, 6.45) is 6.36. The predicted octanol–water partition coefficient (Wildman–Crippen LogP) is 3.81. The van der Waals surface area contributed by atoms with Crippen molar-refractivity contribution in [3.63, 3.8) is 0 Å². The molecular weight excluding hydrogens is 224 g/mol. The smallest absolute Gasteiger partial charge is 0.319 e. The number of nitrogens with one attached hydrogen (secondary N) is 2. The van der Waals surface area contributed by atoms with E-state index in [0.29, 0.717) is 6.54 Å². The zero-order valence-corrected chi connectivity index (χ0v) is 11.4. The Morgan fingerprint density at radius 2 is 2.11 bits per heavy atom. The fraction of sp³-hybridized carbons (Fsp3) is 0.400. The van der Waals surface area contributed by atoms with Crippen LogP contribution in [0.15, 0.2) is 24.3 Å². The summed E-state index contributed by atoms with van der Waals surface area (Å²) < 4.78 is 0. The van der Waals surface area contributed by atoms with Gasteiger partial charge in [0.1, 0.15) is 0 Å². The normalized spacial score (nSPS) is 11.9. The lowest BCUT2D eigenvalue weighted by Crippen LogP contribution is -2.28. The van der Waals surface area contributed by atoms with Crippen LogP contribution in [0.2, 0.25) is 0 Å². The van der Waals surface area contributed by atoms with Gasteiger partial charge < -0.3 is 10.6 Å². The molecule has 1 aliphatic carbocycles. The molecule has 1 aliphatic rings. The molecule has 0 heterocycles. The number of hydrogen-bond donors (Lipinski definition) is 2. The van der Waals surface area contributed by atoms with Crippen molar-refractivity contribution in [2.24, 2.45) is 0 Å². The van der Waals surface area contributed by atoms with Crippen LogP contribution >= 0.6 is 0 Å². The molecule has 98 valence electrons. The highest BCUT2D eigenvalue weighted by Crippen LogP contribution is 2.26. The standard InChI is InChI=1S/C13H16N2O.C2H6/c1-2-14-13(16)15-12-9-5-7-10-6-3-4-8-11(10)12;1-2/h4-5,7-9H,2-3,6H2,1H3,(H2,14,15,16);1-2H3. The van der Waals surface area contributed by atoms with Crippen molar-refractivity contribution in [3.8, 4) is 0 Å². The van der Waals surface area contributed by atoms with Crippen LogP contribution in [0.5, 0.6) is 0 Å². The number of anilines is 1. The molecule has 1 aromatic carbocycles. The third kappa shape index (κ3) is 3.62. The number of urea groups is 1. The number of carbonyl (C=O) groups excluding carboxylic acids is 1. The van der Waals surface area contributed by atoms with E-state index >= 15 is 0 Å². The van der Waals surface area contributed by atoms with Gasteiger partial charge in [0.15, 0.2) is 0 Å². The molecule has 0 aliphatic heterocycles. The third-order valence-corrected chi connectivity index (χ3v) is 2.65. The average molecular weight is 246 g/mol. The van der Waals surface area contributed by atoms with Crippen molar-refractivity contribution in [1.82, 2.24) is 5.32 Å². The lowest BCUT2D eigenvalue weighted by atomic mass is 9.96. The second-order valence-corrected chi connectivity index (χ2v) is 3.80. The minimum Gasteiger partial charge on any atom is -0.338 e. The summed E-state index contributed by atoms with van der Waals surface area (Å²) in [6.45, 7) is 6.54. The van der Waals surface area contributed by atoms with E-state index in [1.54, 1.807) is 0 Å². The maximum atomic E-state index is 11.5. The minimum absolute atomic E-state index is 0.144. The topological polar surface area (TPSA) is 41.1 Å². The third-order valence-electron chi connectivity index (χ3n) is 2.65. The number of carbonyl (C=O) groups is 1. The molecule has 0 spiro atoms. The summed E-state index contributed by atoms with van der Waals surface area (Å²) in [7, 11) is 0. The molecule has 1 aromatic rings. The number of benzene rings is 1. The van der Waals surface area contributed by atoms with E-state index in [2.05, 4.69) is 28.9 Å². The van der Waals surface area contributed by atoms with Crippen LogP contribution in [-0.4, -0.2) is 12.6 Å².